The van der Waals surface area contributed by atoms with Crippen molar-refractivity contribution in [2.45, 2.75) is 30.7 Å². The van der Waals surface area contributed by atoms with Gasteiger partial charge in [-0.3, -0.25) is 4.79 Å². The van der Waals surface area contributed by atoms with E-state index in [-0.39, 0.29) is 42.1 Å². The summed E-state index contributed by atoms with van der Waals surface area (Å²) in [6.07, 6.45) is 1.26. The molecule has 2 aromatic rings. The SMILES string of the molecule is Cl.O=C(NC1CNCCC1c1ccc(F)c(F)c1)C1CC1c1ccc(F)c(F)c1. The Labute approximate surface area is 172 Å². The van der Waals surface area contributed by atoms with Crippen molar-refractivity contribution in [2.24, 2.45) is 5.92 Å². The predicted molar refractivity (Wildman–Crippen MR) is 103 cm³/mol. The van der Waals surface area contributed by atoms with Crippen molar-refractivity contribution in [2.75, 3.05) is 13.1 Å². The fraction of sp³-hybridized carbons (Fsp3) is 0.381. The standard InChI is InChI=1S/C21H20F4N2O.ClH/c22-16-3-1-11(7-18(16)24)13-5-6-26-10-20(13)27-21(28)15-9-14(15)12-2-4-17(23)19(25)8-12;/h1-4,7-8,13-15,20,26H,5-6,9-10H2,(H,27,28);1H. The third kappa shape index (κ3) is 4.56. The summed E-state index contributed by atoms with van der Waals surface area (Å²) in [5.41, 5.74) is 1.26. The molecule has 29 heavy (non-hydrogen) atoms. The van der Waals surface area contributed by atoms with Crippen LogP contribution in [-0.4, -0.2) is 25.0 Å². The van der Waals surface area contributed by atoms with E-state index in [0.717, 1.165) is 24.7 Å². The lowest BCUT2D eigenvalue weighted by molar-refractivity contribution is -0.123. The van der Waals surface area contributed by atoms with E-state index in [0.29, 0.717) is 30.5 Å². The summed E-state index contributed by atoms with van der Waals surface area (Å²) in [4.78, 5) is 12.7. The Morgan fingerprint density at radius 3 is 2.07 bits per heavy atom. The zero-order chi connectivity index (χ0) is 19.8. The fourth-order valence-electron chi connectivity index (χ4n) is 4.04. The lowest BCUT2D eigenvalue weighted by atomic mass is 9.86. The van der Waals surface area contributed by atoms with Crippen molar-refractivity contribution in [3.63, 3.8) is 0 Å². The van der Waals surface area contributed by atoms with Crippen LogP contribution in [0, 0.1) is 29.2 Å². The van der Waals surface area contributed by atoms with Gasteiger partial charge in [-0.05, 0) is 60.7 Å². The first kappa shape index (κ1) is 21.6. The van der Waals surface area contributed by atoms with Crippen LogP contribution in [0.3, 0.4) is 0 Å². The van der Waals surface area contributed by atoms with Gasteiger partial charge in [0, 0.05) is 24.4 Å². The van der Waals surface area contributed by atoms with E-state index < -0.39 is 23.3 Å². The van der Waals surface area contributed by atoms with Crippen LogP contribution in [0.15, 0.2) is 36.4 Å². The van der Waals surface area contributed by atoms with Crippen LogP contribution in [-0.2, 0) is 4.79 Å². The van der Waals surface area contributed by atoms with Gasteiger partial charge in [-0.15, -0.1) is 12.4 Å². The highest BCUT2D eigenvalue weighted by molar-refractivity contribution is 5.85. The van der Waals surface area contributed by atoms with E-state index in [1.54, 1.807) is 6.07 Å². The Morgan fingerprint density at radius 2 is 1.48 bits per heavy atom. The highest BCUT2D eigenvalue weighted by atomic mass is 35.5. The molecule has 8 heteroatoms. The quantitative estimate of drug-likeness (QED) is 0.722. The minimum atomic E-state index is -0.918. The maximum atomic E-state index is 13.6. The van der Waals surface area contributed by atoms with Gasteiger partial charge in [0.15, 0.2) is 23.3 Å². The summed E-state index contributed by atoms with van der Waals surface area (Å²) >= 11 is 0. The third-order valence-electron chi connectivity index (χ3n) is 5.68. The zero-order valence-electron chi connectivity index (χ0n) is 15.4. The molecule has 3 nitrogen and oxygen atoms in total. The van der Waals surface area contributed by atoms with Gasteiger partial charge in [0.25, 0.3) is 0 Å². The average molecular weight is 429 g/mol. The van der Waals surface area contributed by atoms with Crippen LogP contribution in [0.1, 0.15) is 35.8 Å². The van der Waals surface area contributed by atoms with E-state index in [4.69, 9.17) is 0 Å². The van der Waals surface area contributed by atoms with Gasteiger partial charge < -0.3 is 10.6 Å². The van der Waals surface area contributed by atoms with Gasteiger partial charge in [-0.25, -0.2) is 17.6 Å². The monoisotopic (exact) mass is 428 g/mol. The number of amides is 1. The van der Waals surface area contributed by atoms with Gasteiger partial charge >= 0.3 is 0 Å². The first-order valence-electron chi connectivity index (χ1n) is 9.35. The van der Waals surface area contributed by atoms with E-state index >= 15 is 0 Å². The number of hydrogen-bond donors (Lipinski definition) is 2. The summed E-state index contributed by atoms with van der Waals surface area (Å²) < 4.78 is 53.4. The van der Waals surface area contributed by atoms with Gasteiger partial charge in [0.1, 0.15) is 0 Å². The number of carbonyl (C=O) groups excluding carboxylic acids is 1. The molecule has 156 valence electrons. The first-order valence-corrected chi connectivity index (χ1v) is 9.35. The topological polar surface area (TPSA) is 41.1 Å². The second-order valence-electron chi connectivity index (χ2n) is 7.51. The highest BCUT2D eigenvalue weighted by Gasteiger charge is 2.45. The summed E-state index contributed by atoms with van der Waals surface area (Å²) in [6, 6.07) is 7.30. The Balaban J connectivity index is 0.00000240. The van der Waals surface area contributed by atoms with Crippen molar-refractivity contribution in [3.05, 3.63) is 70.8 Å². The van der Waals surface area contributed by atoms with Crippen molar-refractivity contribution < 1.29 is 22.4 Å². The van der Waals surface area contributed by atoms with Crippen LogP contribution in [0.2, 0.25) is 0 Å². The molecule has 2 fully saturated rings. The van der Waals surface area contributed by atoms with Crippen molar-refractivity contribution in [3.8, 4) is 0 Å². The minimum absolute atomic E-state index is 0. The lowest BCUT2D eigenvalue weighted by Crippen LogP contribution is -2.50. The second kappa shape index (κ2) is 8.71. The lowest BCUT2D eigenvalue weighted by Gasteiger charge is -2.33. The van der Waals surface area contributed by atoms with Crippen LogP contribution in [0.5, 0.6) is 0 Å². The molecule has 0 bridgehead atoms. The third-order valence-corrected chi connectivity index (χ3v) is 5.68. The summed E-state index contributed by atoms with van der Waals surface area (Å²) in [6.45, 7) is 1.24. The van der Waals surface area contributed by atoms with E-state index in [1.807, 2.05) is 0 Å². The molecule has 1 heterocycles. The molecule has 1 aliphatic heterocycles. The molecule has 4 unspecified atom stereocenters. The molecule has 4 rings (SSSR count). The minimum Gasteiger partial charge on any atom is -0.351 e. The Kier molecular flexibility index (Phi) is 6.49. The maximum absolute atomic E-state index is 13.6. The Hall–Kier alpha value is -2.12. The smallest absolute Gasteiger partial charge is 0.224 e. The second-order valence-corrected chi connectivity index (χ2v) is 7.51. The number of hydrogen-bond acceptors (Lipinski definition) is 2. The Bertz CT molecular complexity index is 910. The highest BCUT2D eigenvalue weighted by Crippen LogP contribution is 2.48. The number of benzene rings is 2. The molecular weight excluding hydrogens is 408 g/mol. The molecule has 2 N–H and O–H groups in total. The van der Waals surface area contributed by atoms with Gasteiger partial charge in [-0.2, -0.15) is 0 Å². The summed E-state index contributed by atoms with van der Waals surface area (Å²) in [5, 5.41) is 6.21. The molecule has 2 aliphatic rings. The molecule has 1 aliphatic carbocycles. The predicted octanol–water partition coefficient (Wildman–Crippen LogP) is 4.03. The van der Waals surface area contributed by atoms with Gasteiger partial charge in [0.05, 0.1) is 0 Å². The van der Waals surface area contributed by atoms with Crippen LogP contribution < -0.4 is 10.6 Å². The van der Waals surface area contributed by atoms with Gasteiger partial charge in [0.2, 0.25) is 5.91 Å². The number of piperidine rings is 1. The number of halogens is 5. The van der Waals surface area contributed by atoms with Crippen molar-refractivity contribution in [1.82, 2.24) is 10.6 Å². The molecule has 0 aromatic heterocycles. The normalized spacial score (nSPS) is 25.8. The molecule has 2 aromatic carbocycles. The summed E-state index contributed by atoms with van der Waals surface area (Å²) in [5.74, 6) is -4.33. The van der Waals surface area contributed by atoms with Gasteiger partial charge in [-0.1, -0.05) is 12.1 Å². The molecule has 0 radical (unpaired) electrons. The maximum Gasteiger partial charge on any atom is 0.224 e. The summed E-state index contributed by atoms with van der Waals surface area (Å²) in [7, 11) is 0. The molecule has 0 spiro atoms. The number of rotatable bonds is 4. The fourth-order valence-corrected chi connectivity index (χ4v) is 4.04. The van der Waals surface area contributed by atoms with E-state index in [2.05, 4.69) is 10.6 Å². The van der Waals surface area contributed by atoms with Crippen LogP contribution >= 0.6 is 12.4 Å². The van der Waals surface area contributed by atoms with Crippen LogP contribution in [0.4, 0.5) is 17.6 Å². The van der Waals surface area contributed by atoms with E-state index in [9.17, 15) is 22.4 Å². The largest absolute Gasteiger partial charge is 0.351 e. The molecule has 1 saturated heterocycles. The number of nitrogens with one attached hydrogen (secondary N) is 2. The van der Waals surface area contributed by atoms with Crippen LogP contribution in [0.25, 0.3) is 0 Å². The molecule has 4 atom stereocenters. The molecular formula is C21H21ClF4N2O. The average Bonchev–Trinajstić information content (AvgIpc) is 3.48. The Morgan fingerprint density at radius 1 is 0.897 bits per heavy atom. The zero-order valence-corrected chi connectivity index (χ0v) is 16.2. The van der Waals surface area contributed by atoms with Crippen molar-refractivity contribution in [1.29, 1.82) is 0 Å². The van der Waals surface area contributed by atoms with E-state index in [1.165, 1.54) is 12.1 Å². The van der Waals surface area contributed by atoms with Crippen molar-refractivity contribution >= 4 is 18.3 Å². The number of carbonyl (C=O) groups is 1. The first-order chi connectivity index (χ1) is 13.4. The molecule has 1 saturated carbocycles. The molecule has 1 amide bonds.